The summed E-state index contributed by atoms with van der Waals surface area (Å²) in [6.45, 7) is 3.65. The van der Waals surface area contributed by atoms with E-state index in [4.69, 9.17) is 0 Å². The fraction of sp³-hybridized carbons (Fsp3) is 0.667. The van der Waals surface area contributed by atoms with Crippen molar-refractivity contribution in [3.05, 3.63) is 11.8 Å². The first-order chi connectivity index (χ1) is 6.02. The summed E-state index contributed by atoms with van der Waals surface area (Å²) in [7, 11) is 0. The van der Waals surface area contributed by atoms with Crippen molar-refractivity contribution in [2.45, 2.75) is 33.1 Å². The number of hydrogen-bond acceptors (Lipinski definition) is 2. The zero-order valence-electron chi connectivity index (χ0n) is 7.76. The molecule has 0 saturated heterocycles. The summed E-state index contributed by atoms with van der Waals surface area (Å²) in [6, 6.07) is 0. The summed E-state index contributed by atoms with van der Waals surface area (Å²) >= 11 is 0. The predicted molar refractivity (Wildman–Crippen MR) is 45.8 cm³/mol. The maximum absolute atomic E-state index is 11.8. The van der Waals surface area contributed by atoms with Gasteiger partial charge >= 0.3 is 0 Å². The van der Waals surface area contributed by atoms with Gasteiger partial charge in [-0.05, 0) is 12.8 Å². The summed E-state index contributed by atoms with van der Waals surface area (Å²) in [5, 5.41) is 9.24. The second-order valence-electron chi connectivity index (χ2n) is 2.79. The van der Waals surface area contributed by atoms with E-state index in [1.807, 2.05) is 13.8 Å². The van der Waals surface area contributed by atoms with E-state index in [-0.39, 0.29) is 11.7 Å². The molecule has 0 rings (SSSR count). The lowest BCUT2D eigenvalue weighted by Gasteiger charge is -2.10. The lowest BCUT2D eigenvalue weighted by molar-refractivity contribution is -0.124. The average Bonchev–Trinajstić information content (AvgIpc) is 2.06. The molecule has 0 aromatic carbocycles. The molecule has 0 aromatic heterocycles. The zero-order valence-corrected chi connectivity index (χ0v) is 7.76. The van der Waals surface area contributed by atoms with Crippen LogP contribution in [-0.2, 0) is 4.79 Å². The summed E-state index contributed by atoms with van der Waals surface area (Å²) in [4.78, 5) is 10.5. The van der Waals surface area contributed by atoms with Crippen molar-refractivity contribution in [2.75, 3.05) is 0 Å². The summed E-state index contributed by atoms with van der Waals surface area (Å²) in [6.07, 6.45) is -1.14. The third kappa shape index (κ3) is 4.01. The average molecular weight is 192 g/mol. The van der Waals surface area contributed by atoms with Gasteiger partial charge in [0.2, 0.25) is 5.78 Å². The van der Waals surface area contributed by atoms with Gasteiger partial charge in [-0.25, -0.2) is 8.78 Å². The van der Waals surface area contributed by atoms with E-state index in [9.17, 15) is 18.7 Å². The largest absolute Gasteiger partial charge is 0.512 e. The molecule has 0 amide bonds. The van der Waals surface area contributed by atoms with Crippen LogP contribution in [0, 0.1) is 5.92 Å². The fourth-order valence-corrected chi connectivity index (χ4v) is 1.03. The summed E-state index contributed by atoms with van der Waals surface area (Å²) in [5.41, 5.74) is 0. The van der Waals surface area contributed by atoms with Gasteiger partial charge in [0.05, 0.1) is 5.76 Å². The highest BCUT2D eigenvalue weighted by Crippen LogP contribution is 2.16. The molecule has 0 heterocycles. The van der Waals surface area contributed by atoms with Crippen molar-refractivity contribution in [1.82, 2.24) is 0 Å². The van der Waals surface area contributed by atoms with Gasteiger partial charge < -0.3 is 5.11 Å². The van der Waals surface area contributed by atoms with Gasteiger partial charge in [-0.1, -0.05) is 13.8 Å². The number of aliphatic hydroxyl groups excluding tert-OH is 1. The van der Waals surface area contributed by atoms with Crippen LogP contribution >= 0.6 is 0 Å². The third-order valence-corrected chi connectivity index (χ3v) is 1.91. The Morgan fingerprint density at radius 3 is 2.15 bits per heavy atom. The third-order valence-electron chi connectivity index (χ3n) is 1.91. The van der Waals surface area contributed by atoms with Gasteiger partial charge in [0, 0.05) is 12.0 Å². The lowest BCUT2D eigenvalue weighted by Crippen LogP contribution is -2.10. The molecular weight excluding hydrogens is 178 g/mol. The summed E-state index contributed by atoms with van der Waals surface area (Å²) in [5.74, 6) is -1.76. The first kappa shape index (κ1) is 12.1. The Kier molecular flexibility index (Phi) is 5.26. The van der Waals surface area contributed by atoms with Gasteiger partial charge in [-0.15, -0.1) is 0 Å². The van der Waals surface area contributed by atoms with Crippen LogP contribution in [0.4, 0.5) is 8.78 Å². The number of alkyl halides is 2. The minimum atomic E-state index is -3.03. The minimum absolute atomic E-state index is 0.192. The van der Waals surface area contributed by atoms with Crippen LogP contribution in [0.1, 0.15) is 26.7 Å². The maximum Gasteiger partial charge on any atom is 0.300 e. The number of rotatable bonds is 5. The van der Waals surface area contributed by atoms with Gasteiger partial charge in [0.15, 0.2) is 0 Å². The van der Waals surface area contributed by atoms with E-state index < -0.39 is 12.2 Å². The number of halogens is 2. The Labute approximate surface area is 76.3 Å². The second-order valence-corrected chi connectivity index (χ2v) is 2.79. The molecule has 0 radical (unpaired) electrons. The molecule has 0 fully saturated rings. The molecule has 1 N–H and O–H groups in total. The second kappa shape index (κ2) is 5.67. The zero-order chi connectivity index (χ0) is 10.4. The van der Waals surface area contributed by atoms with Crippen LogP contribution in [0.5, 0.6) is 0 Å². The standard InChI is InChI=1S/C9H14F2O2/c1-3-6(4-2)7(12)5-8(13)9(10)11/h5-6,9,12H,3-4H2,1-2H3/b7-5-. The monoisotopic (exact) mass is 192 g/mol. The first-order valence-electron chi connectivity index (χ1n) is 4.25. The van der Waals surface area contributed by atoms with Crippen LogP contribution in [0.25, 0.3) is 0 Å². The van der Waals surface area contributed by atoms with Crippen LogP contribution < -0.4 is 0 Å². The quantitative estimate of drug-likeness (QED) is 0.537. The molecule has 0 aliphatic carbocycles. The molecular formula is C9H14F2O2. The van der Waals surface area contributed by atoms with Crippen LogP contribution in [-0.4, -0.2) is 17.3 Å². The van der Waals surface area contributed by atoms with E-state index in [2.05, 4.69) is 0 Å². The molecule has 13 heavy (non-hydrogen) atoms. The van der Waals surface area contributed by atoms with Crippen molar-refractivity contribution >= 4 is 5.78 Å². The SMILES string of the molecule is CCC(CC)/C(O)=C/C(=O)C(F)F. The van der Waals surface area contributed by atoms with E-state index in [1.54, 1.807) is 0 Å². The molecule has 0 aliphatic rings. The topological polar surface area (TPSA) is 37.3 Å². The van der Waals surface area contributed by atoms with E-state index in [1.165, 1.54) is 0 Å². The molecule has 0 aliphatic heterocycles. The Bertz CT molecular complexity index is 196. The fourth-order valence-electron chi connectivity index (χ4n) is 1.03. The van der Waals surface area contributed by atoms with Gasteiger partial charge in [-0.3, -0.25) is 4.79 Å². The number of aliphatic hydroxyl groups is 1. The number of carbonyl (C=O) groups is 1. The highest BCUT2D eigenvalue weighted by Gasteiger charge is 2.16. The predicted octanol–water partition coefficient (Wildman–Crippen LogP) is 2.70. The van der Waals surface area contributed by atoms with E-state index in [0.717, 1.165) is 0 Å². The molecule has 4 heteroatoms. The van der Waals surface area contributed by atoms with Gasteiger partial charge in [0.1, 0.15) is 0 Å². The number of carbonyl (C=O) groups excluding carboxylic acids is 1. The molecule has 0 unspecified atom stereocenters. The van der Waals surface area contributed by atoms with Crippen molar-refractivity contribution in [1.29, 1.82) is 0 Å². The first-order valence-corrected chi connectivity index (χ1v) is 4.25. The Morgan fingerprint density at radius 2 is 1.85 bits per heavy atom. The van der Waals surface area contributed by atoms with Gasteiger partial charge in [0.25, 0.3) is 6.43 Å². The number of allylic oxidation sites excluding steroid dienone is 2. The van der Waals surface area contributed by atoms with Crippen LogP contribution in [0.2, 0.25) is 0 Å². The smallest absolute Gasteiger partial charge is 0.300 e. The Morgan fingerprint density at radius 1 is 1.38 bits per heavy atom. The van der Waals surface area contributed by atoms with E-state index in [0.29, 0.717) is 18.9 Å². The van der Waals surface area contributed by atoms with Crippen molar-refractivity contribution in [3.8, 4) is 0 Å². The van der Waals surface area contributed by atoms with Crippen molar-refractivity contribution < 1.29 is 18.7 Å². The highest BCUT2D eigenvalue weighted by molar-refractivity contribution is 5.92. The maximum atomic E-state index is 11.8. The summed E-state index contributed by atoms with van der Waals surface area (Å²) < 4.78 is 23.5. The Balaban J connectivity index is 4.37. The van der Waals surface area contributed by atoms with Crippen LogP contribution in [0.15, 0.2) is 11.8 Å². The Hall–Kier alpha value is -0.930. The molecule has 0 saturated carbocycles. The highest BCUT2D eigenvalue weighted by atomic mass is 19.3. The molecule has 0 atom stereocenters. The number of hydrogen-bond donors (Lipinski definition) is 1. The van der Waals surface area contributed by atoms with Crippen molar-refractivity contribution in [3.63, 3.8) is 0 Å². The molecule has 0 spiro atoms. The molecule has 0 bridgehead atoms. The molecule has 76 valence electrons. The lowest BCUT2D eigenvalue weighted by atomic mass is 10.0. The van der Waals surface area contributed by atoms with Crippen molar-refractivity contribution in [2.24, 2.45) is 5.92 Å². The molecule has 2 nitrogen and oxygen atoms in total. The van der Waals surface area contributed by atoms with Crippen LogP contribution in [0.3, 0.4) is 0 Å². The minimum Gasteiger partial charge on any atom is -0.512 e. The number of ketones is 1. The normalized spacial score (nSPS) is 12.6. The van der Waals surface area contributed by atoms with E-state index >= 15 is 0 Å². The molecule has 0 aromatic rings. The van der Waals surface area contributed by atoms with Gasteiger partial charge in [-0.2, -0.15) is 0 Å².